The van der Waals surface area contributed by atoms with Crippen LogP contribution in [-0.4, -0.2) is 28.0 Å². The molecule has 2 unspecified atom stereocenters. The van der Waals surface area contributed by atoms with Gasteiger partial charge in [0.1, 0.15) is 5.00 Å². The Kier molecular flexibility index (Phi) is 5.86. The summed E-state index contributed by atoms with van der Waals surface area (Å²) in [7, 11) is 3.34. The number of fused-ring (bicyclic) bond motifs is 1. The number of nitrogens with one attached hydrogen (secondary N) is 2. The van der Waals surface area contributed by atoms with Crippen LogP contribution in [0.15, 0.2) is 6.20 Å². The quantitative estimate of drug-likeness (QED) is 0.595. The molecule has 146 valence electrons. The van der Waals surface area contributed by atoms with Gasteiger partial charge in [-0.3, -0.25) is 4.68 Å². The summed E-state index contributed by atoms with van der Waals surface area (Å²) in [6.45, 7) is 6.32. The Bertz CT molecular complexity index is 871. The van der Waals surface area contributed by atoms with Gasteiger partial charge in [-0.2, -0.15) is 5.10 Å². The van der Waals surface area contributed by atoms with E-state index in [-0.39, 0.29) is 12.0 Å². The third-order valence-electron chi connectivity index (χ3n) is 5.22. The number of rotatable bonds is 4. The number of esters is 1. The fourth-order valence-corrected chi connectivity index (χ4v) is 5.26. The van der Waals surface area contributed by atoms with Gasteiger partial charge in [-0.15, -0.1) is 11.3 Å². The lowest BCUT2D eigenvalue weighted by atomic mass is 9.88. The van der Waals surface area contributed by atoms with Crippen molar-refractivity contribution in [2.45, 2.75) is 46.1 Å². The number of aryl methyl sites for hydroxylation is 1. The molecular weight excluding hydrogens is 380 g/mol. The lowest BCUT2D eigenvalue weighted by Crippen LogP contribution is -2.31. The van der Waals surface area contributed by atoms with Crippen molar-refractivity contribution >= 4 is 39.6 Å². The normalized spacial score (nSPS) is 17.1. The van der Waals surface area contributed by atoms with Crippen LogP contribution in [-0.2, 0) is 24.6 Å². The predicted molar refractivity (Wildman–Crippen MR) is 113 cm³/mol. The van der Waals surface area contributed by atoms with E-state index < -0.39 is 0 Å². The summed E-state index contributed by atoms with van der Waals surface area (Å²) in [4.78, 5) is 13.7. The Morgan fingerprint density at radius 2 is 2.26 bits per heavy atom. The van der Waals surface area contributed by atoms with Gasteiger partial charge >= 0.3 is 5.97 Å². The summed E-state index contributed by atoms with van der Waals surface area (Å²) in [5.74, 6) is 0.330. The molecule has 0 amide bonds. The number of thiophene rings is 1. The number of anilines is 1. The Morgan fingerprint density at radius 1 is 1.52 bits per heavy atom. The van der Waals surface area contributed by atoms with Crippen molar-refractivity contribution < 1.29 is 9.53 Å². The third kappa shape index (κ3) is 4.01. The second-order valence-corrected chi connectivity index (χ2v) is 8.69. The highest BCUT2D eigenvalue weighted by Crippen LogP contribution is 2.40. The number of aromatic nitrogens is 2. The lowest BCUT2D eigenvalue weighted by molar-refractivity contribution is 0.0601. The number of hydrogen-bond donors (Lipinski definition) is 2. The van der Waals surface area contributed by atoms with E-state index in [2.05, 4.69) is 22.7 Å². The van der Waals surface area contributed by atoms with Crippen LogP contribution in [0, 0.1) is 12.8 Å². The predicted octanol–water partition coefficient (Wildman–Crippen LogP) is 3.75. The summed E-state index contributed by atoms with van der Waals surface area (Å²) in [6, 6.07) is 0.00915. The zero-order chi connectivity index (χ0) is 19.7. The molecule has 0 aromatic carbocycles. The standard InChI is InChI=1S/C19H26N4O2S2/c1-10-6-7-13-15(8-10)27-17(16(13)18(24)25-5)22-19(26)21-11(2)14-9-20-23(4)12(14)3/h9-11H,6-8H2,1-5H3,(H2,21,22,26). The highest BCUT2D eigenvalue weighted by atomic mass is 32.1. The highest BCUT2D eigenvalue weighted by Gasteiger charge is 2.28. The number of ether oxygens (including phenoxy) is 1. The number of nitrogens with zero attached hydrogens (tertiary/aromatic N) is 2. The van der Waals surface area contributed by atoms with Crippen LogP contribution >= 0.6 is 23.6 Å². The minimum atomic E-state index is -0.302. The number of carbonyl (C=O) groups is 1. The van der Waals surface area contributed by atoms with Crippen LogP contribution < -0.4 is 10.6 Å². The van der Waals surface area contributed by atoms with E-state index in [1.54, 1.807) is 11.3 Å². The van der Waals surface area contributed by atoms with Crippen LogP contribution in [0.5, 0.6) is 0 Å². The third-order valence-corrected chi connectivity index (χ3v) is 6.61. The zero-order valence-corrected chi connectivity index (χ0v) is 18.0. The van der Waals surface area contributed by atoms with Crippen LogP contribution in [0.2, 0.25) is 0 Å². The molecule has 0 bridgehead atoms. The molecule has 0 fully saturated rings. The fraction of sp³-hybridized carbons (Fsp3) is 0.526. The molecule has 27 heavy (non-hydrogen) atoms. The molecule has 2 aromatic heterocycles. The number of thiocarbonyl (C=S) groups is 1. The molecule has 1 aliphatic carbocycles. The van der Waals surface area contributed by atoms with E-state index in [4.69, 9.17) is 17.0 Å². The smallest absolute Gasteiger partial charge is 0.341 e. The van der Waals surface area contributed by atoms with Crippen molar-refractivity contribution in [3.63, 3.8) is 0 Å². The van der Waals surface area contributed by atoms with E-state index in [0.717, 1.165) is 41.1 Å². The first-order chi connectivity index (χ1) is 12.8. The average Bonchev–Trinajstić information content (AvgIpc) is 3.13. The molecule has 2 N–H and O–H groups in total. The van der Waals surface area contributed by atoms with Gasteiger partial charge in [-0.1, -0.05) is 6.92 Å². The van der Waals surface area contributed by atoms with Gasteiger partial charge in [-0.25, -0.2) is 4.79 Å². The van der Waals surface area contributed by atoms with Crippen molar-refractivity contribution in [3.8, 4) is 0 Å². The van der Waals surface area contributed by atoms with E-state index >= 15 is 0 Å². The molecule has 0 spiro atoms. The Labute approximate surface area is 169 Å². The Balaban J connectivity index is 1.79. The molecule has 0 saturated carbocycles. The summed E-state index contributed by atoms with van der Waals surface area (Å²) >= 11 is 7.13. The fourth-order valence-electron chi connectivity index (χ4n) is 3.51. The van der Waals surface area contributed by atoms with Crippen molar-refractivity contribution in [2.24, 2.45) is 13.0 Å². The summed E-state index contributed by atoms with van der Waals surface area (Å²) in [5.41, 5.74) is 3.94. The van der Waals surface area contributed by atoms with Crippen LogP contribution in [0.3, 0.4) is 0 Å². The van der Waals surface area contributed by atoms with Crippen molar-refractivity contribution in [2.75, 3.05) is 12.4 Å². The molecule has 0 aliphatic heterocycles. The first kappa shape index (κ1) is 19.8. The number of carbonyl (C=O) groups excluding carboxylic acids is 1. The topological polar surface area (TPSA) is 68.2 Å². The first-order valence-electron chi connectivity index (χ1n) is 9.10. The van der Waals surface area contributed by atoms with Gasteiger partial charge in [0, 0.05) is 23.2 Å². The first-order valence-corrected chi connectivity index (χ1v) is 10.3. The van der Waals surface area contributed by atoms with Gasteiger partial charge in [0.25, 0.3) is 0 Å². The maximum absolute atomic E-state index is 12.4. The average molecular weight is 407 g/mol. The monoisotopic (exact) mass is 406 g/mol. The molecule has 2 aromatic rings. The van der Waals surface area contributed by atoms with Gasteiger partial charge in [0.15, 0.2) is 5.11 Å². The number of hydrogen-bond acceptors (Lipinski definition) is 5. The summed E-state index contributed by atoms with van der Waals surface area (Å²) < 4.78 is 6.87. The molecule has 8 heteroatoms. The molecule has 0 radical (unpaired) electrons. The highest BCUT2D eigenvalue weighted by molar-refractivity contribution is 7.80. The summed E-state index contributed by atoms with van der Waals surface area (Å²) in [5, 5.41) is 12.1. The Morgan fingerprint density at radius 3 is 2.89 bits per heavy atom. The summed E-state index contributed by atoms with van der Waals surface area (Å²) in [6.07, 6.45) is 4.84. The SMILES string of the molecule is COC(=O)c1c(NC(=S)NC(C)c2cnn(C)c2C)sc2c1CCC(C)C2. The van der Waals surface area contributed by atoms with E-state index in [0.29, 0.717) is 16.6 Å². The lowest BCUT2D eigenvalue weighted by Gasteiger charge is -2.18. The van der Waals surface area contributed by atoms with E-state index in [1.165, 1.54) is 12.0 Å². The molecule has 2 atom stereocenters. The van der Waals surface area contributed by atoms with Gasteiger partial charge in [-0.05, 0) is 56.8 Å². The van der Waals surface area contributed by atoms with Gasteiger partial charge in [0.2, 0.25) is 0 Å². The van der Waals surface area contributed by atoms with Crippen molar-refractivity contribution in [1.82, 2.24) is 15.1 Å². The molecule has 3 rings (SSSR count). The molecule has 1 aliphatic rings. The maximum Gasteiger partial charge on any atom is 0.341 e. The van der Waals surface area contributed by atoms with E-state index in [9.17, 15) is 4.79 Å². The minimum absolute atomic E-state index is 0.00915. The van der Waals surface area contributed by atoms with Crippen LogP contribution in [0.1, 0.15) is 58.4 Å². The van der Waals surface area contributed by atoms with Crippen LogP contribution in [0.25, 0.3) is 0 Å². The number of methoxy groups -OCH3 is 1. The van der Waals surface area contributed by atoms with Crippen molar-refractivity contribution in [3.05, 3.63) is 33.5 Å². The van der Waals surface area contributed by atoms with E-state index in [1.807, 2.05) is 31.8 Å². The van der Waals surface area contributed by atoms with Gasteiger partial charge in [0.05, 0.1) is 24.9 Å². The minimum Gasteiger partial charge on any atom is -0.465 e. The molecule has 6 nitrogen and oxygen atoms in total. The molecular formula is C19H26N4O2S2. The molecule has 2 heterocycles. The second-order valence-electron chi connectivity index (χ2n) is 7.18. The van der Waals surface area contributed by atoms with Gasteiger partial charge < -0.3 is 15.4 Å². The zero-order valence-electron chi connectivity index (χ0n) is 16.4. The molecule has 0 saturated heterocycles. The largest absolute Gasteiger partial charge is 0.465 e. The maximum atomic E-state index is 12.4. The Hall–Kier alpha value is -1.93. The van der Waals surface area contributed by atoms with Crippen LogP contribution in [0.4, 0.5) is 5.00 Å². The second kappa shape index (κ2) is 7.98. The van der Waals surface area contributed by atoms with Crippen molar-refractivity contribution in [1.29, 1.82) is 0 Å².